The Morgan fingerprint density at radius 1 is 1.18 bits per heavy atom. The number of rotatable bonds is 5. The van der Waals surface area contributed by atoms with E-state index in [0.29, 0.717) is 35.3 Å². The van der Waals surface area contributed by atoms with Crippen molar-refractivity contribution in [3.05, 3.63) is 65.9 Å². The van der Waals surface area contributed by atoms with Gasteiger partial charge in [-0.1, -0.05) is 29.8 Å². The van der Waals surface area contributed by atoms with Crippen LogP contribution < -0.4 is 16.4 Å². The van der Waals surface area contributed by atoms with Gasteiger partial charge in [0.15, 0.2) is 0 Å². The Bertz CT molecular complexity index is 1320. The molecule has 174 valence electrons. The maximum atomic E-state index is 12.9. The van der Waals surface area contributed by atoms with Crippen LogP contribution in [0.1, 0.15) is 6.42 Å². The first kappa shape index (κ1) is 22.2. The minimum Gasteiger partial charge on any atom is -0.399 e. The van der Waals surface area contributed by atoms with Crippen molar-refractivity contribution in [1.82, 2.24) is 19.9 Å². The maximum absolute atomic E-state index is 12.9. The highest BCUT2D eigenvalue weighted by molar-refractivity contribution is 6.33. The first-order valence-corrected chi connectivity index (χ1v) is 11.5. The van der Waals surface area contributed by atoms with E-state index in [0.717, 1.165) is 28.7 Å². The number of H-pyrrole nitrogens is 1. The van der Waals surface area contributed by atoms with E-state index in [1.165, 1.54) is 0 Å². The van der Waals surface area contributed by atoms with Crippen molar-refractivity contribution >= 4 is 45.7 Å². The van der Waals surface area contributed by atoms with Gasteiger partial charge in [-0.2, -0.15) is 0 Å². The molecule has 5 rings (SSSR count). The van der Waals surface area contributed by atoms with E-state index in [9.17, 15) is 4.79 Å². The number of halogens is 1. The van der Waals surface area contributed by atoms with Crippen LogP contribution >= 0.6 is 11.6 Å². The number of likely N-dealkylation sites (N-methyl/N-ethyl adjacent to an activating group) is 1. The molecule has 8 nitrogen and oxygen atoms in total. The van der Waals surface area contributed by atoms with Crippen molar-refractivity contribution < 1.29 is 4.79 Å². The molecular formula is C25H26ClN7O. The molecule has 1 aliphatic heterocycles. The number of aromatic nitrogens is 3. The van der Waals surface area contributed by atoms with E-state index in [2.05, 4.69) is 25.5 Å². The molecule has 0 unspecified atom stereocenters. The van der Waals surface area contributed by atoms with Crippen molar-refractivity contribution in [2.75, 3.05) is 36.5 Å². The molecule has 0 radical (unpaired) electrons. The second kappa shape index (κ2) is 9.32. The van der Waals surface area contributed by atoms with Gasteiger partial charge in [0, 0.05) is 53.2 Å². The summed E-state index contributed by atoms with van der Waals surface area (Å²) in [7, 11) is 2.01. The third-order valence-corrected chi connectivity index (χ3v) is 6.38. The summed E-state index contributed by atoms with van der Waals surface area (Å²) in [5.74, 6) is 0.302. The predicted molar refractivity (Wildman–Crippen MR) is 137 cm³/mol. The average molecular weight is 476 g/mol. The minimum absolute atomic E-state index is 0.0120. The SMILES string of the molecule is CN1C[C@@H](Nc2ncc(Cl)c(-c3c[nH]c4ccccc34)n2)C[C@H](C(=O)Nc2ccc(N)cc2)C1. The Hall–Kier alpha value is -3.62. The number of fused-ring (bicyclic) bond motifs is 1. The molecule has 0 aliphatic carbocycles. The molecule has 4 aromatic rings. The number of anilines is 3. The van der Waals surface area contributed by atoms with Crippen molar-refractivity contribution in [3.63, 3.8) is 0 Å². The molecule has 2 aromatic heterocycles. The molecule has 9 heteroatoms. The number of hydrogen-bond acceptors (Lipinski definition) is 6. The van der Waals surface area contributed by atoms with Crippen molar-refractivity contribution in [1.29, 1.82) is 0 Å². The number of nitrogen functional groups attached to an aromatic ring is 1. The zero-order chi connectivity index (χ0) is 23.7. The second-order valence-electron chi connectivity index (χ2n) is 8.74. The second-order valence-corrected chi connectivity index (χ2v) is 9.15. The van der Waals surface area contributed by atoms with Crippen molar-refractivity contribution in [2.24, 2.45) is 5.92 Å². The first-order chi connectivity index (χ1) is 16.5. The van der Waals surface area contributed by atoms with Crippen LogP contribution in [0.15, 0.2) is 60.9 Å². The molecule has 0 bridgehead atoms. The van der Waals surface area contributed by atoms with Crippen LogP contribution in [0.2, 0.25) is 5.02 Å². The maximum Gasteiger partial charge on any atom is 0.228 e. The number of nitrogens with one attached hydrogen (secondary N) is 3. The Morgan fingerprint density at radius 3 is 2.79 bits per heavy atom. The largest absolute Gasteiger partial charge is 0.399 e. The van der Waals surface area contributed by atoms with E-state index in [1.54, 1.807) is 18.3 Å². The smallest absolute Gasteiger partial charge is 0.228 e. The van der Waals surface area contributed by atoms with Gasteiger partial charge in [-0.3, -0.25) is 4.79 Å². The standard InChI is InChI=1S/C25H26ClN7O/c1-33-13-15(24(34)30-17-8-6-16(27)7-9-17)10-18(14-33)31-25-29-12-21(26)23(32-25)20-11-28-22-5-3-2-4-19(20)22/h2-9,11-12,15,18,28H,10,13-14,27H2,1H3,(H,30,34)(H,29,31,32)/t15-,18-/m0/s1. The van der Waals surface area contributed by atoms with E-state index in [1.807, 2.05) is 49.6 Å². The molecule has 2 aromatic carbocycles. The van der Waals surface area contributed by atoms with Gasteiger partial charge < -0.3 is 26.3 Å². The number of hydrogen-bond donors (Lipinski definition) is 4. The third kappa shape index (κ3) is 4.69. The predicted octanol–water partition coefficient (Wildman–Crippen LogP) is 4.23. The molecule has 5 N–H and O–H groups in total. The Labute approximate surface area is 202 Å². The summed E-state index contributed by atoms with van der Waals surface area (Å²) in [5.41, 5.74) is 9.75. The zero-order valence-electron chi connectivity index (χ0n) is 18.8. The minimum atomic E-state index is -0.172. The fourth-order valence-corrected chi connectivity index (χ4v) is 4.69. The lowest BCUT2D eigenvalue weighted by Crippen LogP contribution is -2.48. The summed E-state index contributed by atoms with van der Waals surface area (Å²) < 4.78 is 0. The van der Waals surface area contributed by atoms with Crippen LogP contribution in [-0.4, -0.2) is 51.9 Å². The van der Waals surface area contributed by atoms with Crippen LogP contribution in [0.3, 0.4) is 0 Å². The van der Waals surface area contributed by atoms with Crippen LogP contribution in [0.5, 0.6) is 0 Å². The quantitative estimate of drug-likeness (QED) is 0.321. The number of nitrogens with zero attached hydrogens (tertiary/aromatic N) is 3. The molecule has 1 fully saturated rings. The molecule has 2 atom stereocenters. The molecule has 1 amide bonds. The van der Waals surface area contributed by atoms with Gasteiger partial charge in [-0.15, -0.1) is 0 Å². The number of nitrogens with two attached hydrogens (primary N) is 1. The molecule has 0 saturated carbocycles. The van der Waals surface area contributed by atoms with Gasteiger partial charge in [0.05, 0.1) is 22.8 Å². The summed E-state index contributed by atoms with van der Waals surface area (Å²) in [6.45, 7) is 1.46. The number of para-hydroxylation sites is 1. The number of carbonyl (C=O) groups is 1. The Balaban J connectivity index is 1.32. The first-order valence-electron chi connectivity index (χ1n) is 11.2. The van der Waals surface area contributed by atoms with E-state index in [4.69, 9.17) is 22.3 Å². The number of carbonyl (C=O) groups excluding carboxylic acids is 1. The van der Waals surface area contributed by atoms with Gasteiger partial charge in [-0.25, -0.2) is 9.97 Å². The third-order valence-electron chi connectivity index (χ3n) is 6.10. The number of amides is 1. The van der Waals surface area contributed by atoms with E-state index >= 15 is 0 Å². The Morgan fingerprint density at radius 2 is 1.97 bits per heavy atom. The van der Waals surface area contributed by atoms with Crippen LogP contribution in [-0.2, 0) is 4.79 Å². The van der Waals surface area contributed by atoms with Crippen LogP contribution in [0.25, 0.3) is 22.2 Å². The Kier molecular flexibility index (Phi) is 6.08. The topological polar surface area (TPSA) is 112 Å². The molecular weight excluding hydrogens is 450 g/mol. The lowest BCUT2D eigenvalue weighted by molar-refractivity contribution is -0.121. The fraction of sp³-hybridized carbons (Fsp3) is 0.240. The molecule has 1 saturated heterocycles. The molecule has 1 aliphatic rings. The lowest BCUT2D eigenvalue weighted by Gasteiger charge is -2.35. The number of piperidine rings is 1. The van der Waals surface area contributed by atoms with Gasteiger partial charge in [0.2, 0.25) is 11.9 Å². The molecule has 34 heavy (non-hydrogen) atoms. The number of benzene rings is 2. The summed E-state index contributed by atoms with van der Waals surface area (Å²) in [4.78, 5) is 27.5. The van der Waals surface area contributed by atoms with Crippen LogP contribution in [0.4, 0.5) is 17.3 Å². The van der Waals surface area contributed by atoms with Gasteiger partial charge >= 0.3 is 0 Å². The summed E-state index contributed by atoms with van der Waals surface area (Å²) in [5, 5.41) is 7.94. The monoisotopic (exact) mass is 475 g/mol. The highest BCUT2D eigenvalue weighted by Gasteiger charge is 2.30. The average Bonchev–Trinajstić information content (AvgIpc) is 3.25. The van der Waals surface area contributed by atoms with E-state index < -0.39 is 0 Å². The van der Waals surface area contributed by atoms with Gasteiger partial charge in [0.25, 0.3) is 0 Å². The normalized spacial score (nSPS) is 18.6. The summed E-state index contributed by atoms with van der Waals surface area (Å²) in [6, 6.07) is 15.2. The van der Waals surface area contributed by atoms with Crippen LogP contribution in [0, 0.1) is 5.92 Å². The van der Waals surface area contributed by atoms with Crippen molar-refractivity contribution in [3.8, 4) is 11.3 Å². The molecule has 0 spiro atoms. The van der Waals surface area contributed by atoms with Gasteiger partial charge in [0.1, 0.15) is 0 Å². The van der Waals surface area contributed by atoms with Gasteiger partial charge in [-0.05, 0) is 43.8 Å². The van der Waals surface area contributed by atoms with E-state index in [-0.39, 0.29) is 17.9 Å². The summed E-state index contributed by atoms with van der Waals surface area (Å²) >= 11 is 6.47. The van der Waals surface area contributed by atoms with Crippen molar-refractivity contribution in [2.45, 2.75) is 12.5 Å². The number of aromatic amines is 1. The highest BCUT2D eigenvalue weighted by atomic mass is 35.5. The fourth-order valence-electron chi connectivity index (χ4n) is 4.50. The zero-order valence-corrected chi connectivity index (χ0v) is 19.5. The number of likely N-dealkylation sites (tertiary alicyclic amines) is 1. The summed E-state index contributed by atoms with van der Waals surface area (Å²) in [6.07, 6.45) is 4.19. The molecule has 3 heterocycles. The highest BCUT2D eigenvalue weighted by Crippen LogP contribution is 2.32. The lowest BCUT2D eigenvalue weighted by atomic mass is 9.93.